The van der Waals surface area contributed by atoms with Crippen LogP contribution < -0.4 is 20.1 Å². The number of amides is 1. The summed E-state index contributed by atoms with van der Waals surface area (Å²) in [5, 5.41) is 19.3. The number of hydrogen-bond donors (Lipinski definition) is 2. The van der Waals surface area contributed by atoms with Gasteiger partial charge in [-0.1, -0.05) is 48.0 Å². The first kappa shape index (κ1) is 24.1. The van der Waals surface area contributed by atoms with Crippen molar-refractivity contribution < 1.29 is 19.2 Å². The molecular weight excluding hydrogens is 482 g/mol. The standard InChI is InChI=1S/C27H26ClN3O5/c1-3-35-23-14-18(10-13-22(23)36-15-17-8-11-19(28)12-9-17)24-16(2)30-27(25(24)31(33)34)20-6-4-5-7-21(20)29-26(27)32/h4-14,16,24-25,30H,3,15H2,1-2H3,(H,29,32)/t16-,24-,25-,27-/m0/s1. The number of para-hydroxylation sites is 1. The van der Waals surface area contributed by atoms with Crippen molar-refractivity contribution in [2.45, 2.75) is 44.0 Å². The molecule has 0 aromatic heterocycles. The fraction of sp³-hybridized carbons (Fsp3) is 0.296. The number of anilines is 1. The summed E-state index contributed by atoms with van der Waals surface area (Å²) in [5.41, 5.74) is 1.38. The van der Waals surface area contributed by atoms with E-state index in [1.165, 1.54) is 0 Å². The van der Waals surface area contributed by atoms with Gasteiger partial charge in [0.2, 0.25) is 0 Å². The Hall–Kier alpha value is -3.62. The van der Waals surface area contributed by atoms with Gasteiger partial charge in [-0.05, 0) is 55.3 Å². The van der Waals surface area contributed by atoms with E-state index in [9.17, 15) is 14.9 Å². The number of benzene rings is 3. The third-order valence-corrected chi connectivity index (χ3v) is 7.18. The van der Waals surface area contributed by atoms with Crippen LogP contribution in [0.4, 0.5) is 5.69 Å². The molecule has 1 spiro atoms. The molecule has 8 nitrogen and oxygen atoms in total. The summed E-state index contributed by atoms with van der Waals surface area (Å²) in [4.78, 5) is 25.4. The Balaban J connectivity index is 1.50. The van der Waals surface area contributed by atoms with Crippen molar-refractivity contribution in [2.24, 2.45) is 0 Å². The zero-order valence-corrected chi connectivity index (χ0v) is 20.6. The molecule has 36 heavy (non-hydrogen) atoms. The van der Waals surface area contributed by atoms with Crippen LogP contribution in [0.25, 0.3) is 0 Å². The van der Waals surface area contributed by atoms with Crippen LogP contribution in [0, 0.1) is 10.1 Å². The molecule has 0 aliphatic carbocycles. The van der Waals surface area contributed by atoms with Crippen molar-refractivity contribution in [3.8, 4) is 11.5 Å². The highest BCUT2D eigenvalue weighted by Gasteiger charge is 2.67. The lowest BCUT2D eigenvalue weighted by atomic mass is 9.78. The van der Waals surface area contributed by atoms with Gasteiger partial charge < -0.3 is 14.8 Å². The number of carbonyl (C=O) groups is 1. The van der Waals surface area contributed by atoms with E-state index in [1.54, 1.807) is 48.5 Å². The predicted molar refractivity (Wildman–Crippen MR) is 136 cm³/mol. The Bertz CT molecular complexity index is 1320. The molecule has 2 aliphatic rings. The average Bonchev–Trinajstić information content (AvgIpc) is 3.33. The van der Waals surface area contributed by atoms with Gasteiger partial charge in [-0.25, -0.2) is 0 Å². The quantitative estimate of drug-likeness (QED) is 0.349. The van der Waals surface area contributed by atoms with Crippen LogP contribution in [0.5, 0.6) is 11.5 Å². The van der Waals surface area contributed by atoms with Gasteiger partial charge >= 0.3 is 0 Å². The highest BCUT2D eigenvalue weighted by Crippen LogP contribution is 2.50. The topological polar surface area (TPSA) is 103 Å². The molecule has 3 aromatic rings. The second-order valence-corrected chi connectivity index (χ2v) is 9.49. The number of carbonyl (C=O) groups excluding carboxylic acids is 1. The number of ether oxygens (including phenoxy) is 2. The highest BCUT2D eigenvalue weighted by molar-refractivity contribution is 6.30. The lowest BCUT2D eigenvalue weighted by molar-refractivity contribution is -0.532. The molecule has 3 aromatic carbocycles. The Morgan fingerprint density at radius 1 is 1.06 bits per heavy atom. The summed E-state index contributed by atoms with van der Waals surface area (Å²) >= 11 is 5.96. The Morgan fingerprint density at radius 2 is 1.81 bits per heavy atom. The van der Waals surface area contributed by atoms with Crippen LogP contribution in [0.1, 0.15) is 36.5 Å². The van der Waals surface area contributed by atoms with Crippen molar-refractivity contribution >= 4 is 23.2 Å². The molecule has 186 valence electrons. The molecule has 1 amide bonds. The van der Waals surface area contributed by atoms with Gasteiger partial charge in [0.15, 0.2) is 17.0 Å². The van der Waals surface area contributed by atoms with Gasteiger partial charge in [0.1, 0.15) is 6.61 Å². The molecule has 1 fully saturated rings. The van der Waals surface area contributed by atoms with Gasteiger partial charge in [-0.3, -0.25) is 20.2 Å². The molecule has 2 aliphatic heterocycles. The summed E-state index contributed by atoms with van der Waals surface area (Å²) < 4.78 is 11.9. The lowest BCUT2D eigenvalue weighted by Gasteiger charge is -2.25. The minimum atomic E-state index is -1.46. The molecule has 0 radical (unpaired) electrons. The summed E-state index contributed by atoms with van der Waals surface area (Å²) in [5.74, 6) is 0.0371. The van der Waals surface area contributed by atoms with Gasteiger partial charge in [0.05, 0.1) is 12.5 Å². The normalized spacial score (nSPS) is 24.4. The predicted octanol–water partition coefficient (Wildman–Crippen LogP) is 4.89. The van der Waals surface area contributed by atoms with Crippen molar-refractivity contribution in [1.29, 1.82) is 0 Å². The number of fused-ring (bicyclic) bond motifs is 2. The van der Waals surface area contributed by atoms with Crippen molar-refractivity contribution in [2.75, 3.05) is 11.9 Å². The number of nitrogens with zero attached hydrogens (tertiary/aromatic N) is 1. The third-order valence-electron chi connectivity index (χ3n) is 6.92. The monoisotopic (exact) mass is 507 g/mol. The van der Waals surface area contributed by atoms with E-state index in [2.05, 4.69) is 10.6 Å². The Morgan fingerprint density at radius 3 is 2.53 bits per heavy atom. The summed E-state index contributed by atoms with van der Waals surface area (Å²) in [6.45, 7) is 4.45. The van der Waals surface area contributed by atoms with Crippen LogP contribution in [0.3, 0.4) is 0 Å². The number of nitrogens with one attached hydrogen (secondary N) is 2. The molecule has 2 heterocycles. The molecule has 5 rings (SSSR count). The summed E-state index contributed by atoms with van der Waals surface area (Å²) in [6.07, 6.45) is 0. The maximum absolute atomic E-state index is 13.2. The van der Waals surface area contributed by atoms with Crippen LogP contribution in [0.2, 0.25) is 5.02 Å². The fourth-order valence-electron chi connectivity index (χ4n) is 5.41. The van der Waals surface area contributed by atoms with Crippen molar-refractivity contribution in [3.05, 3.63) is 98.6 Å². The zero-order valence-electron chi connectivity index (χ0n) is 19.9. The van der Waals surface area contributed by atoms with E-state index in [1.807, 2.05) is 32.0 Å². The van der Waals surface area contributed by atoms with E-state index in [4.69, 9.17) is 21.1 Å². The minimum Gasteiger partial charge on any atom is -0.490 e. The Kier molecular flexibility index (Phi) is 6.32. The largest absolute Gasteiger partial charge is 0.490 e. The maximum atomic E-state index is 13.2. The number of rotatable bonds is 7. The highest BCUT2D eigenvalue weighted by atomic mass is 35.5. The van der Waals surface area contributed by atoms with E-state index in [-0.39, 0.29) is 11.0 Å². The van der Waals surface area contributed by atoms with Gasteiger partial charge in [-0.2, -0.15) is 0 Å². The fourth-order valence-corrected chi connectivity index (χ4v) is 5.54. The van der Waals surface area contributed by atoms with Gasteiger partial charge in [0.25, 0.3) is 11.9 Å². The van der Waals surface area contributed by atoms with Crippen molar-refractivity contribution in [1.82, 2.24) is 5.32 Å². The first-order valence-corrected chi connectivity index (χ1v) is 12.2. The first-order chi connectivity index (χ1) is 17.3. The lowest BCUT2D eigenvalue weighted by Crippen LogP contribution is -2.54. The molecular formula is C27H26ClN3O5. The van der Waals surface area contributed by atoms with Crippen molar-refractivity contribution in [3.63, 3.8) is 0 Å². The van der Waals surface area contributed by atoms with E-state index >= 15 is 0 Å². The molecule has 4 atom stereocenters. The molecule has 2 N–H and O–H groups in total. The van der Waals surface area contributed by atoms with Gasteiger partial charge in [-0.15, -0.1) is 0 Å². The van der Waals surface area contributed by atoms with E-state index in [0.29, 0.717) is 46.5 Å². The second kappa shape index (κ2) is 9.44. The Labute approximate surface area is 213 Å². The minimum absolute atomic E-state index is 0.315. The SMILES string of the molecule is CCOc1cc([C@@H]2[C@H](C)N[C@]3(C(=O)Nc4ccccc43)[C@H]2[N+](=O)[O-])ccc1OCc1ccc(Cl)cc1. The summed E-state index contributed by atoms with van der Waals surface area (Å²) in [7, 11) is 0. The molecule has 9 heteroatoms. The molecule has 1 saturated heterocycles. The first-order valence-electron chi connectivity index (χ1n) is 11.8. The average molecular weight is 508 g/mol. The van der Waals surface area contributed by atoms with Crippen LogP contribution >= 0.6 is 11.6 Å². The number of hydrogen-bond acceptors (Lipinski definition) is 6. The maximum Gasteiger partial charge on any atom is 0.256 e. The number of halogens is 1. The third kappa shape index (κ3) is 3.96. The second-order valence-electron chi connectivity index (χ2n) is 9.05. The smallest absolute Gasteiger partial charge is 0.256 e. The van der Waals surface area contributed by atoms with Crippen LogP contribution in [-0.2, 0) is 16.9 Å². The van der Waals surface area contributed by atoms with E-state index < -0.39 is 23.4 Å². The molecule has 0 unspecified atom stereocenters. The van der Waals surface area contributed by atoms with Gasteiger partial charge in [0, 0.05) is 27.2 Å². The van der Waals surface area contributed by atoms with Crippen LogP contribution in [-0.4, -0.2) is 29.5 Å². The van der Waals surface area contributed by atoms with Crippen LogP contribution in [0.15, 0.2) is 66.7 Å². The molecule has 0 bridgehead atoms. The molecule has 0 saturated carbocycles. The summed E-state index contributed by atoms with van der Waals surface area (Å²) in [6, 6.07) is 18.3. The number of nitro groups is 1. The van der Waals surface area contributed by atoms with E-state index in [0.717, 1.165) is 5.56 Å². The zero-order chi connectivity index (χ0) is 25.4.